The second kappa shape index (κ2) is 13.3. The van der Waals surface area contributed by atoms with Gasteiger partial charge in [0.2, 0.25) is 5.91 Å². The number of aliphatic hydroxyl groups is 1. The second-order valence-corrected chi connectivity index (χ2v) is 10.6. The Hall–Kier alpha value is -3.00. The van der Waals surface area contributed by atoms with Gasteiger partial charge in [0.15, 0.2) is 11.6 Å². The number of nitrogens with one attached hydrogen (secondary N) is 3. The van der Waals surface area contributed by atoms with Crippen molar-refractivity contribution in [2.75, 3.05) is 56.0 Å². The van der Waals surface area contributed by atoms with Gasteiger partial charge >= 0.3 is 6.18 Å². The quantitative estimate of drug-likeness (QED) is 0.345. The molecule has 0 aliphatic carbocycles. The molecule has 2 aromatic rings. The van der Waals surface area contributed by atoms with Gasteiger partial charge in [-0.25, -0.2) is 8.78 Å². The number of carbonyl (C=O) groups excluding carboxylic acids is 2. The van der Waals surface area contributed by atoms with E-state index in [2.05, 4.69) is 16.0 Å². The lowest BCUT2D eigenvalue weighted by Gasteiger charge is -2.37. The molecule has 2 amide bonds. The standard InChI is InChI=1S/C27H31ClF5N5O3/c28-18-2-4-21(22(12-18)38-9-7-37(8-10-38)6-5-27(31,32)33)36-26(41)20-3-1-16(23(29)24(20)30)14-35-25(40)17-11-19(39)15-34-13-17/h1-4,12,17,19,34,39H,5-11,13-15H2,(H,35,40)(H,36,41). The van der Waals surface area contributed by atoms with Crippen LogP contribution in [0.15, 0.2) is 30.3 Å². The number of aliphatic hydroxyl groups excluding tert-OH is 1. The maximum atomic E-state index is 15.0. The van der Waals surface area contributed by atoms with Gasteiger partial charge in [-0.3, -0.25) is 14.5 Å². The van der Waals surface area contributed by atoms with E-state index in [9.17, 15) is 36.6 Å². The number of benzene rings is 2. The van der Waals surface area contributed by atoms with E-state index in [4.69, 9.17) is 11.6 Å². The lowest BCUT2D eigenvalue weighted by atomic mass is 9.96. The molecule has 0 saturated carbocycles. The number of amides is 2. The highest BCUT2D eigenvalue weighted by Crippen LogP contribution is 2.31. The summed E-state index contributed by atoms with van der Waals surface area (Å²) < 4.78 is 67.5. The largest absolute Gasteiger partial charge is 0.392 e. The summed E-state index contributed by atoms with van der Waals surface area (Å²) in [6, 6.07) is 6.96. The number of rotatable bonds is 8. The number of carbonyl (C=O) groups is 2. The molecule has 8 nitrogen and oxygen atoms in total. The van der Waals surface area contributed by atoms with Crippen molar-refractivity contribution in [3.05, 3.63) is 58.1 Å². The SMILES string of the molecule is O=C(Nc1ccc(Cl)cc1N1CCN(CCC(F)(F)F)CC1)c1ccc(CNC(=O)C2CNCC(O)C2)c(F)c1F. The number of hydrogen-bond acceptors (Lipinski definition) is 6. The van der Waals surface area contributed by atoms with Crippen LogP contribution in [0.3, 0.4) is 0 Å². The molecule has 2 fully saturated rings. The van der Waals surface area contributed by atoms with Gasteiger partial charge in [0.25, 0.3) is 5.91 Å². The van der Waals surface area contributed by atoms with E-state index < -0.39 is 53.6 Å². The molecule has 0 radical (unpaired) electrons. The number of alkyl halides is 3. The third kappa shape index (κ3) is 8.28. The van der Waals surface area contributed by atoms with Crippen molar-refractivity contribution in [1.29, 1.82) is 0 Å². The zero-order valence-corrected chi connectivity index (χ0v) is 22.8. The van der Waals surface area contributed by atoms with Crippen LogP contribution in [0.1, 0.15) is 28.8 Å². The minimum atomic E-state index is -4.24. The van der Waals surface area contributed by atoms with Gasteiger partial charge in [-0.1, -0.05) is 17.7 Å². The molecular weight excluding hydrogens is 573 g/mol. The highest BCUT2D eigenvalue weighted by molar-refractivity contribution is 6.31. The predicted octanol–water partition coefficient (Wildman–Crippen LogP) is 3.53. The molecule has 41 heavy (non-hydrogen) atoms. The van der Waals surface area contributed by atoms with Crippen LogP contribution in [-0.4, -0.2) is 79.9 Å². The van der Waals surface area contributed by atoms with Crippen LogP contribution in [0.25, 0.3) is 0 Å². The van der Waals surface area contributed by atoms with E-state index in [-0.39, 0.29) is 30.8 Å². The molecule has 224 valence electrons. The number of β-amino-alcohol motifs (C(OH)–C–C–N with tert-alkyl or cyclic N) is 1. The van der Waals surface area contributed by atoms with E-state index in [0.717, 1.165) is 6.07 Å². The van der Waals surface area contributed by atoms with Gasteiger partial charge in [0.1, 0.15) is 0 Å². The monoisotopic (exact) mass is 603 g/mol. The fraction of sp³-hybridized carbons (Fsp3) is 0.481. The van der Waals surface area contributed by atoms with Crippen molar-refractivity contribution in [2.45, 2.75) is 31.7 Å². The predicted molar refractivity (Wildman–Crippen MR) is 144 cm³/mol. The third-order valence-corrected chi connectivity index (χ3v) is 7.43. The molecule has 2 aromatic carbocycles. The minimum Gasteiger partial charge on any atom is -0.392 e. The zero-order chi connectivity index (χ0) is 29.7. The summed E-state index contributed by atoms with van der Waals surface area (Å²) in [4.78, 5) is 28.9. The molecular formula is C27H31ClF5N5O3. The first-order valence-electron chi connectivity index (χ1n) is 13.2. The van der Waals surface area contributed by atoms with Crippen LogP contribution in [0, 0.1) is 17.6 Å². The summed E-state index contributed by atoms with van der Waals surface area (Å²) in [7, 11) is 0. The number of nitrogens with zero attached hydrogens (tertiary/aromatic N) is 2. The van der Waals surface area contributed by atoms with Gasteiger partial charge in [-0.05, 0) is 30.7 Å². The Morgan fingerprint density at radius 2 is 1.78 bits per heavy atom. The van der Waals surface area contributed by atoms with Gasteiger partial charge in [0.05, 0.1) is 35.4 Å². The highest BCUT2D eigenvalue weighted by atomic mass is 35.5. The molecule has 2 aliphatic heterocycles. The second-order valence-electron chi connectivity index (χ2n) is 10.2. The number of piperidine rings is 1. The van der Waals surface area contributed by atoms with E-state index >= 15 is 0 Å². The summed E-state index contributed by atoms with van der Waals surface area (Å²) in [6.07, 6.45) is -5.55. The van der Waals surface area contributed by atoms with E-state index in [1.165, 1.54) is 18.2 Å². The maximum absolute atomic E-state index is 15.0. The fourth-order valence-corrected chi connectivity index (χ4v) is 5.07. The smallest absolute Gasteiger partial charge is 0.390 e. The number of piperazine rings is 1. The van der Waals surface area contributed by atoms with Crippen LogP contribution in [0.4, 0.5) is 33.3 Å². The first-order valence-corrected chi connectivity index (χ1v) is 13.6. The summed E-state index contributed by atoms with van der Waals surface area (Å²) in [5.74, 6) is -4.47. The van der Waals surface area contributed by atoms with Crippen molar-refractivity contribution in [3.8, 4) is 0 Å². The van der Waals surface area contributed by atoms with Crippen LogP contribution < -0.4 is 20.9 Å². The number of halogens is 6. The number of hydrogen-bond donors (Lipinski definition) is 4. The molecule has 4 N–H and O–H groups in total. The first-order chi connectivity index (χ1) is 19.4. The topological polar surface area (TPSA) is 96.9 Å². The van der Waals surface area contributed by atoms with E-state index in [1.54, 1.807) is 11.0 Å². The molecule has 0 bridgehead atoms. The van der Waals surface area contributed by atoms with Crippen molar-refractivity contribution >= 4 is 34.8 Å². The van der Waals surface area contributed by atoms with Gasteiger partial charge in [-0.15, -0.1) is 0 Å². The molecule has 2 heterocycles. The van der Waals surface area contributed by atoms with Gasteiger partial charge in [-0.2, -0.15) is 13.2 Å². The van der Waals surface area contributed by atoms with Crippen LogP contribution in [0.2, 0.25) is 5.02 Å². The Morgan fingerprint density at radius 3 is 2.46 bits per heavy atom. The molecule has 2 atom stereocenters. The van der Waals surface area contributed by atoms with E-state index in [0.29, 0.717) is 50.0 Å². The zero-order valence-electron chi connectivity index (χ0n) is 22.0. The van der Waals surface area contributed by atoms with E-state index in [1.807, 2.05) is 4.90 Å². The molecule has 0 spiro atoms. The van der Waals surface area contributed by atoms with Crippen LogP contribution in [-0.2, 0) is 11.3 Å². The normalized spacial score (nSPS) is 20.1. The number of anilines is 2. The lowest BCUT2D eigenvalue weighted by Crippen LogP contribution is -2.47. The van der Waals surface area contributed by atoms with Crippen molar-refractivity contribution in [3.63, 3.8) is 0 Å². The van der Waals surface area contributed by atoms with Crippen LogP contribution >= 0.6 is 11.6 Å². The molecule has 14 heteroatoms. The third-order valence-electron chi connectivity index (χ3n) is 7.19. The molecule has 2 aliphatic rings. The van der Waals surface area contributed by atoms with Crippen molar-refractivity contribution < 1.29 is 36.6 Å². The summed E-state index contributed by atoms with van der Waals surface area (Å²) in [5.41, 5.74) is 0.0914. The Labute approximate surface area is 238 Å². The summed E-state index contributed by atoms with van der Waals surface area (Å²) >= 11 is 6.16. The minimum absolute atomic E-state index is 0.109. The Morgan fingerprint density at radius 1 is 1.05 bits per heavy atom. The first kappa shape index (κ1) is 30.9. The highest BCUT2D eigenvalue weighted by Gasteiger charge is 2.30. The lowest BCUT2D eigenvalue weighted by molar-refractivity contribution is -0.138. The summed E-state index contributed by atoms with van der Waals surface area (Å²) in [6.45, 7) is 1.82. The average Bonchev–Trinajstić information content (AvgIpc) is 2.93. The Bertz CT molecular complexity index is 1260. The summed E-state index contributed by atoms with van der Waals surface area (Å²) in [5, 5.41) is 18.1. The van der Waals surface area contributed by atoms with Gasteiger partial charge in [0, 0.05) is 62.9 Å². The van der Waals surface area contributed by atoms with Crippen molar-refractivity contribution in [2.24, 2.45) is 5.92 Å². The molecule has 2 saturated heterocycles. The average molecular weight is 604 g/mol. The molecule has 4 rings (SSSR count). The van der Waals surface area contributed by atoms with Crippen molar-refractivity contribution in [1.82, 2.24) is 15.5 Å². The maximum Gasteiger partial charge on any atom is 0.390 e. The fourth-order valence-electron chi connectivity index (χ4n) is 4.91. The van der Waals surface area contributed by atoms with Crippen LogP contribution in [0.5, 0.6) is 0 Å². The van der Waals surface area contributed by atoms with Gasteiger partial charge < -0.3 is 26.0 Å². The Kier molecular flexibility index (Phi) is 10.1. The molecule has 2 unspecified atom stereocenters. The molecule has 0 aromatic heterocycles. The Balaban J connectivity index is 1.40.